The number of methoxy groups -OCH3 is 1. The van der Waals surface area contributed by atoms with Gasteiger partial charge in [0, 0.05) is 18.4 Å². The fourth-order valence-corrected chi connectivity index (χ4v) is 2.86. The number of rotatable bonds is 4. The molecule has 1 aliphatic heterocycles. The summed E-state index contributed by atoms with van der Waals surface area (Å²) >= 11 is 0. The number of para-hydroxylation sites is 1. The Balaban J connectivity index is 1.88. The summed E-state index contributed by atoms with van der Waals surface area (Å²) in [5, 5.41) is 3.61. The van der Waals surface area contributed by atoms with Crippen LogP contribution in [-0.4, -0.2) is 12.7 Å². The summed E-state index contributed by atoms with van der Waals surface area (Å²) in [6.07, 6.45) is 0. The van der Waals surface area contributed by atoms with Crippen molar-refractivity contribution in [1.82, 2.24) is 0 Å². The Kier molecular flexibility index (Phi) is 3.60. The molecule has 3 nitrogen and oxygen atoms in total. The molecule has 110 valence electrons. The average Bonchev–Trinajstić information content (AvgIpc) is 2.71. The van der Waals surface area contributed by atoms with Gasteiger partial charge in [-0.05, 0) is 37.6 Å². The molecular weight excluding hydrogens is 262 g/mol. The summed E-state index contributed by atoms with van der Waals surface area (Å²) in [6, 6.07) is 16.7. The van der Waals surface area contributed by atoms with E-state index in [9.17, 15) is 0 Å². The van der Waals surface area contributed by atoms with Crippen LogP contribution in [0.1, 0.15) is 31.0 Å². The van der Waals surface area contributed by atoms with E-state index >= 15 is 0 Å². The van der Waals surface area contributed by atoms with Gasteiger partial charge in [0.05, 0.1) is 12.6 Å². The molecule has 0 saturated heterocycles. The molecule has 0 saturated carbocycles. The van der Waals surface area contributed by atoms with Gasteiger partial charge in [-0.2, -0.15) is 0 Å². The molecule has 3 rings (SSSR count). The SMILES string of the molecule is COCc1cccc(NC2c3ccccc3OC2(C)C)c1. The lowest BCUT2D eigenvalue weighted by Gasteiger charge is -2.28. The van der Waals surface area contributed by atoms with Gasteiger partial charge in [0.15, 0.2) is 0 Å². The summed E-state index contributed by atoms with van der Waals surface area (Å²) in [5.41, 5.74) is 3.18. The van der Waals surface area contributed by atoms with Crippen molar-refractivity contribution in [2.24, 2.45) is 0 Å². The van der Waals surface area contributed by atoms with Crippen molar-refractivity contribution in [2.45, 2.75) is 32.1 Å². The van der Waals surface area contributed by atoms with Crippen LogP contribution in [0.25, 0.3) is 0 Å². The number of anilines is 1. The van der Waals surface area contributed by atoms with Crippen LogP contribution in [0.5, 0.6) is 5.75 Å². The zero-order valence-corrected chi connectivity index (χ0v) is 12.7. The molecule has 0 fully saturated rings. The van der Waals surface area contributed by atoms with Gasteiger partial charge in [-0.1, -0.05) is 30.3 Å². The highest BCUT2D eigenvalue weighted by molar-refractivity contribution is 5.52. The van der Waals surface area contributed by atoms with E-state index in [-0.39, 0.29) is 11.6 Å². The zero-order chi connectivity index (χ0) is 14.9. The monoisotopic (exact) mass is 283 g/mol. The van der Waals surface area contributed by atoms with Crippen LogP contribution in [0.15, 0.2) is 48.5 Å². The first kappa shape index (κ1) is 14.0. The molecule has 21 heavy (non-hydrogen) atoms. The highest BCUT2D eigenvalue weighted by Gasteiger charge is 2.40. The quantitative estimate of drug-likeness (QED) is 0.914. The number of benzene rings is 2. The fourth-order valence-electron chi connectivity index (χ4n) is 2.86. The van der Waals surface area contributed by atoms with Gasteiger partial charge in [-0.25, -0.2) is 0 Å². The van der Waals surface area contributed by atoms with E-state index in [4.69, 9.17) is 9.47 Å². The normalized spacial score (nSPS) is 18.9. The second-order valence-corrected chi connectivity index (χ2v) is 5.95. The lowest BCUT2D eigenvalue weighted by atomic mass is 9.94. The topological polar surface area (TPSA) is 30.5 Å². The minimum Gasteiger partial charge on any atom is -0.485 e. The predicted octanol–water partition coefficient (Wildman–Crippen LogP) is 4.16. The van der Waals surface area contributed by atoms with Crippen molar-refractivity contribution in [2.75, 3.05) is 12.4 Å². The molecule has 3 heteroatoms. The molecule has 0 radical (unpaired) electrons. The average molecular weight is 283 g/mol. The molecule has 1 aliphatic rings. The number of ether oxygens (including phenoxy) is 2. The summed E-state index contributed by atoms with van der Waals surface area (Å²) in [7, 11) is 1.71. The third-order valence-corrected chi connectivity index (χ3v) is 3.85. The maximum Gasteiger partial charge on any atom is 0.128 e. The van der Waals surface area contributed by atoms with E-state index in [1.807, 2.05) is 18.2 Å². The Morgan fingerprint density at radius 1 is 1.14 bits per heavy atom. The van der Waals surface area contributed by atoms with Crippen LogP contribution in [0.2, 0.25) is 0 Å². The Morgan fingerprint density at radius 2 is 1.95 bits per heavy atom. The van der Waals surface area contributed by atoms with E-state index in [1.165, 1.54) is 5.56 Å². The van der Waals surface area contributed by atoms with Crippen molar-refractivity contribution >= 4 is 5.69 Å². The minimum atomic E-state index is -0.277. The molecule has 0 bridgehead atoms. The molecule has 1 unspecified atom stereocenters. The van der Waals surface area contributed by atoms with Gasteiger partial charge in [0.25, 0.3) is 0 Å². The summed E-state index contributed by atoms with van der Waals surface area (Å²) in [4.78, 5) is 0. The molecule has 2 aromatic rings. The largest absolute Gasteiger partial charge is 0.485 e. The molecule has 0 amide bonds. The molecule has 1 N–H and O–H groups in total. The smallest absolute Gasteiger partial charge is 0.128 e. The lowest BCUT2D eigenvalue weighted by Crippen LogP contribution is -2.34. The zero-order valence-electron chi connectivity index (χ0n) is 12.7. The van der Waals surface area contributed by atoms with Crippen molar-refractivity contribution < 1.29 is 9.47 Å². The molecule has 0 aromatic heterocycles. The maximum absolute atomic E-state index is 6.07. The highest BCUT2D eigenvalue weighted by atomic mass is 16.5. The first-order valence-electron chi connectivity index (χ1n) is 7.22. The molecule has 2 aromatic carbocycles. The Labute approximate surface area is 125 Å². The first-order chi connectivity index (χ1) is 10.1. The van der Waals surface area contributed by atoms with Crippen molar-refractivity contribution in [3.05, 3.63) is 59.7 Å². The van der Waals surface area contributed by atoms with Gasteiger partial charge >= 0.3 is 0 Å². The Hall–Kier alpha value is -2.00. The van der Waals surface area contributed by atoms with Crippen LogP contribution in [0.3, 0.4) is 0 Å². The third kappa shape index (κ3) is 2.74. The van der Waals surface area contributed by atoms with Gasteiger partial charge in [-0.3, -0.25) is 0 Å². The number of hydrogen-bond acceptors (Lipinski definition) is 3. The molecular formula is C18H21NO2. The van der Waals surface area contributed by atoms with Crippen molar-refractivity contribution in [3.8, 4) is 5.75 Å². The van der Waals surface area contributed by atoms with Gasteiger partial charge in [-0.15, -0.1) is 0 Å². The summed E-state index contributed by atoms with van der Waals surface area (Å²) in [6.45, 7) is 4.85. The van der Waals surface area contributed by atoms with E-state index < -0.39 is 0 Å². The third-order valence-electron chi connectivity index (χ3n) is 3.85. The predicted molar refractivity (Wildman–Crippen MR) is 84.7 cm³/mol. The Morgan fingerprint density at radius 3 is 2.76 bits per heavy atom. The van der Waals surface area contributed by atoms with Crippen LogP contribution in [0, 0.1) is 0 Å². The van der Waals surface area contributed by atoms with Crippen LogP contribution in [-0.2, 0) is 11.3 Å². The van der Waals surface area contributed by atoms with Gasteiger partial charge in [0.2, 0.25) is 0 Å². The molecule has 1 heterocycles. The fraction of sp³-hybridized carbons (Fsp3) is 0.333. The maximum atomic E-state index is 6.07. The van der Waals surface area contributed by atoms with Crippen LogP contribution < -0.4 is 10.1 Å². The number of fused-ring (bicyclic) bond motifs is 1. The summed E-state index contributed by atoms with van der Waals surface area (Å²) in [5.74, 6) is 0.966. The number of nitrogens with one attached hydrogen (secondary N) is 1. The van der Waals surface area contributed by atoms with Crippen LogP contribution >= 0.6 is 0 Å². The number of hydrogen-bond donors (Lipinski definition) is 1. The standard InChI is InChI=1S/C18H21NO2/c1-18(2)17(15-9-4-5-10-16(15)21-18)19-14-8-6-7-13(11-14)12-20-3/h4-11,17,19H,12H2,1-3H3. The van der Waals surface area contributed by atoms with E-state index in [0.29, 0.717) is 6.61 Å². The molecule has 0 spiro atoms. The van der Waals surface area contributed by atoms with E-state index in [1.54, 1.807) is 7.11 Å². The first-order valence-corrected chi connectivity index (χ1v) is 7.22. The van der Waals surface area contributed by atoms with E-state index in [0.717, 1.165) is 17.0 Å². The van der Waals surface area contributed by atoms with E-state index in [2.05, 4.69) is 49.5 Å². The van der Waals surface area contributed by atoms with Gasteiger partial charge < -0.3 is 14.8 Å². The highest BCUT2D eigenvalue weighted by Crippen LogP contribution is 2.44. The lowest BCUT2D eigenvalue weighted by molar-refractivity contribution is 0.118. The minimum absolute atomic E-state index is 0.131. The summed E-state index contributed by atoms with van der Waals surface area (Å²) < 4.78 is 11.3. The molecule has 1 atom stereocenters. The molecule has 0 aliphatic carbocycles. The van der Waals surface area contributed by atoms with Crippen molar-refractivity contribution in [3.63, 3.8) is 0 Å². The second kappa shape index (κ2) is 5.41. The van der Waals surface area contributed by atoms with Crippen molar-refractivity contribution in [1.29, 1.82) is 0 Å². The van der Waals surface area contributed by atoms with Crippen LogP contribution in [0.4, 0.5) is 5.69 Å². The Bertz CT molecular complexity index is 637. The van der Waals surface area contributed by atoms with Gasteiger partial charge in [0.1, 0.15) is 11.4 Å². The second-order valence-electron chi connectivity index (χ2n) is 5.95.